The van der Waals surface area contributed by atoms with Crippen LogP contribution < -0.4 is 5.32 Å². The van der Waals surface area contributed by atoms with Gasteiger partial charge in [-0.25, -0.2) is 4.98 Å². The number of anilines is 1. The quantitative estimate of drug-likeness (QED) is 0.610. The molecule has 0 spiro atoms. The Morgan fingerprint density at radius 1 is 1.28 bits per heavy atom. The number of aryl methyl sites for hydroxylation is 2. The van der Waals surface area contributed by atoms with Crippen LogP contribution in [0.15, 0.2) is 36.5 Å². The van der Waals surface area contributed by atoms with Crippen molar-refractivity contribution in [2.24, 2.45) is 23.2 Å². The fourth-order valence-corrected chi connectivity index (χ4v) is 7.20. The number of benzene rings is 1. The van der Waals surface area contributed by atoms with E-state index in [1.807, 2.05) is 25.1 Å². The van der Waals surface area contributed by atoms with Gasteiger partial charge in [-0.1, -0.05) is 30.7 Å². The molecule has 1 heterocycles. The molecule has 0 radical (unpaired) electrons. The normalized spacial score (nSPS) is 30.9. The molecule has 2 saturated carbocycles. The number of hydrogen-bond acceptors (Lipinski definition) is 3. The van der Waals surface area contributed by atoms with Gasteiger partial charge in [-0.3, -0.25) is 9.59 Å². The maximum atomic E-state index is 13.2. The van der Waals surface area contributed by atoms with Crippen molar-refractivity contribution in [1.29, 1.82) is 0 Å². The summed E-state index contributed by atoms with van der Waals surface area (Å²) in [5.74, 6) is 2.70. The van der Waals surface area contributed by atoms with Crippen LogP contribution in [0.3, 0.4) is 0 Å². The summed E-state index contributed by atoms with van der Waals surface area (Å²) < 4.78 is 0. The maximum absolute atomic E-state index is 13.2. The van der Waals surface area contributed by atoms with Crippen molar-refractivity contribution < 1.29 is 9.59 Å². The Balaban J connectivity index is 1.33. The van der Waals surface area contributed by atoms with E-state index in [-0.39, 0.29) is 17.2 Å². The first-order valence-electron chi connectivity index (χ1n) is 11.9. The van der Waals surface area contributed by atoms with Gasteiger partial charge < -0.3 is 5.32 Å². The number of carbonyl (C=O) groups excluding carboxylic acids is 2. The first kappa shape index (κ1) is 21.6. The molecule has 1 aromatic heterocycles. The summed E-state index contributed by atoms with van der Waals surface area (Å²) in [4.78, 5) is 30.1. The van der Waals surface area contributed by atoms with Gasteiger partial charge in [0.2, 0.25) is 5.91 Å². The van der Waals surface area contributed by atoms with Gasteiger partial charge in [-0.2, -0.15) is 0 Å². The van der Waals surface area contributed by atoms with E-state index >= 15 is 0 Å². The molecule has 1 aromatic carbocycles. The molecule has 1 N–H and O–H groups in total. The number of fused-ring (bicyclic) bond motifs is 5. The molecule has 5 rings (SSSR count). The van der Waals surface area contributed by atoms with Crippen LogP contribution in [-0.2, 0) is 16.0 Å². The maximum Gasteiger partial charge on any atom is 0.225 e. The highest BCUT2D eigenvalue weighted by molar-refractivity contribution is 6.30. The third-order valence-corrected chi connectivity index (χ3v) is 8.78. The summed E-state index contributed by atoms with van der Waals surface area (Å²) >= 11 is 6.26. The Morgan fingerprint density at radius 3 is 2.94 bits per heavy atom. The van der Waals surface area contributed by atoms with Crippen LogP contribution in [0.5, 0.6) is 0 Å². The fraction of sp³-hybridized carbons (Fsp3) is 0.519. The molecule has 0 bridgehead atoms. The number of hydrogen-bond donors (Lipinski definition) is 1. The molecule has 2 aromatic rings. The highest BCUT2D eigenvalue weighted by Gasteiger charge is 2.58. The van der Waals surface area contributed by atoms with E-state index in [0.29, 0.717) is 42.2 Å². The van der Waals surface area contributed by atoms with E-state index in [0.717, 1.165) is 42.7 Å². The van der Waals surface area contributed by atoms with Crippen molar-refractivity contribution in [3.8, 4) is 0 Å². The van der Waals surface area contributed by atoms with E-state index in [9.17, 15) is 9.59 Å². The Hall–Kier alpha value is -2.20. The van der Waals surface area contributed by atoms with Gasteiger partial charge in [0.15, 0.2) is 0 Å². The SMILES string of the molecule is Cc1cccnc1NC(=O)CC[C@@H]1CC(=O)[C@@]2(C)CCC3c4ccc(Cl)cc4CCC3C12. The fourth-order valence-electron chi connectivity index (χ4n) is 7.00. The number of ketones is 1. The Labute approximate surface area is 195 Å². The van der Waals surface area contributed by atoms with Crippen LogP contribution in [0, 0.1) is 30.1 Å². The summed E-state index contributed by atoms with van der Waals surface area (Å²) in [5, 5.41) is 3.77. The number of Topliss-reactive ketones (excluding diaryl/α,β-unsaturated/α-hetero) is 1. The van der Waals surface area contributed by atoms with E-state index in [4.69, 9.17) is 11.6 Å². The molecule has 2 fully saturated rings. The Bertz CT molecular complexity index is 1070. The van der Waals surface area contributed by atoms with Gasteiger partial charge in [0.1, 0.15) is 11.6 Å². The molecule has 1 amide bonds. The Morgan fingerprint density at radius 2 is 2.12 bits per heavy atom. The zero-order valence-corrected chi connectivity index (χ0v) is 19.6. The smallest absolute Gasteiger partial charge is 0.225 e. The standard InChI is InChI=1S/C27H31ClN2O2/c1-16-4-3-13-29-26(16)30-24(32)10-6-18-15-23(31)27(2)12-11-21-20-9-7-19(28)14-17(20)5-8-22(21)25(18)27/h3-4,7,9,13-14,18,21-22,25H,5-6,8,10-12,15H2,1-2H3,(H,29,30,32)/t18-,21?,22?,25?,27-/m1/s1. The second kappa shape index (κ2) is 8.30. The van der Waals surface area contributed by atoms with Crippen LogP contribution in [-0.4, -0.2) is 16.7 Å². The Kier molecular flexibility index (Phi) is 5.61. The van der Waals surface area contributed by atoms with Gasteiger partial charge in [-0.05, 0) is 97.6 Å². The van der Waals surface area contributed by atoms with E-state index in [1.165, 1.54) is 11.1 Å². The van der Waals surface area contributed by atoms with Gasteiger partial charge in [-0.15, -0.1) is 0 Å². The average molecular weight is 451 g/mol. The lowest BCUT2D eigenvalue weighted by Gasteiger charge is -2.50. The number of halogens is 1. The molecule has 0 aliphatic heterocycles. The lowest BCUT2D eigenvalue weighted by Crippen LogP contribution is -2.44. The molecular formula is C27H31ClN2O2. The summed E-state index contributed by atoms with van der Waals surface area (Å²) in [7, 11) is 0. The predicted octanol–water partition coefficient (Wildman–Crippen LogP) is 6.11. The van der Waals surface area contributed by atoms with Gasteiger partial charge in [0.05, 0.1) is 0 Å². The third kappa shape index (κ3) is 3.67. The van der Waals surface area contributed by atoms with E-state index < -0.39 is 0 Å². The highest BCUT2D eigenvalue weighted by Crippen LogP contribution is 2.62. The first-order valence-corrected chi connectivity index (χ1v) is 12.3. The van der Waals surface area contributed by atoms with E-state index in [1.54, 1.807) is 6.20 Å². The minimum atomic E-state index is -0.232. The summed E-state index contributed by atoms with van der Waals surface area (Å²) in [6.45, 7) is 4.14. The summed E-state index contributed by atoms with van der Waals surface area (Å²) in [6, 6.07) is 10.2. The molecule has 3 aliphatic carbocycles. The first-order chi connectivity index (χ1) is 15.4. The van der Waals surface area contributed by atoms with Crippen molar-refractivity contribution in [2.45, 2.75) is 64.7 Å². The van der Waals surface area contributed by atoms with Crippen LogP contribution >= 0.6 is 11.6 Å². The zero-order valence-electron chi connectivity index (χ0n) is 18.9. The van der Waals surface area contributed by atoms with Crippen molar-refractivity contribution in [3.63, 3.8) is 0 Å². The van der Waals surface area contributed by atoms with Crippen LogP contribution in [0.1, 0.15) is 68.1 Å². The number of pyridine rings is 1. The lowest BCUT2D eigenvalue weighted by atomic mass is 9.54. The minimum absolute atomic E-state index is 0.0103. The number of carbonyl (C=O) groups is 2. The van der Waals surface area contributed by atoms with Crippen molar-refractivity contribution in [2.75, 3.05) is 5.32 Å². The van der Waals surface area contributed by atoms with Gasteiger partial charge in [0, 0.05) is 29.5 Å². The number of nitrogens with one attached hydrogen (secondary N) is 1. The largest absolute Gasteiger partial charge is 0.310 e. The number of amides is 1. The highest BCUT2D eigenvalue weighted by atomic mass is 35.5. The summed E-state index contributed by atoms with van der Waals surface area (Å²) in [6.07, 6.45) is 7.68. The number of aromatic nitrogens is 1. The number of rotatable bonds is 4. The molecule has 4 nitrogen and oxygen atoms in total. The molecule has 168 valence electrons. The number of nitrogens with zero attached hydrogens (tertiary/aromatic N) is 1. The second-order valence-electron chi connectivity index (χ2n) is 10.3. The van der Waals surface area contributed by atoms with Gasteiger partial charge in [0.25, 0.3) is 0 Å². The van der Waals surface area contributed by atoms with Crippen molar-refractivity contribution >= 4 is 29.1 Å². The van der Waals surface area contributed by atoms with Crippen LogP contribution in [0.4, 0.5) is 5.82 Å². The van der Waals surface area contributed by atoms with Crippen LogP contribution in [0.2, 0.25) is 5.02 Å². The molecule has 3 aliphatic rings. The molecule has 32 heavy (non-hydrogen) atoms. The van der Waals surface area contributed by atoms with Crippen LogP contribution in [0.25, 0.3) is 0 Å². The average Bonchev–Trinajstić information content (AvgIpc) is 3.03. The zero-order chi connectivity index (χ0) is 22.5. The monoisotopic (exact) mass is 450 g/mol. The topological polar surface area (TPSA) is 59.1 Å². The second-order valence-corrected chi connectivity index (χ2v) is 10.7. The van der Waals surface area contributed by atoms with Crippen molar-refractivity contribution in [1.82, 2.24) is 4.98 Å². The van der Waals surface area contributed by atoms with Gasteiger partial charge >= 0.3 is 0 Å². The third-order valence-electron chi connectivity index (χ3n) is 8.54. The molecule has 0 saturated heterocycles. The van der Waals surface area contributed by atoms with Crippen molar-refractivity contribution in [3.05, 3.63) is 58.2 Å². The molecule has 5 heteroatoms. The predicted molar refractivity (Wildman–Crippen MR) is 127 cm³/mol. The lowest BCUT2D eigenvalue weighted by molar-refractivity contribution is -0.129. The van der Waals surface area contributed by atoms with E-state index in [2.05, 4.69) is 29.4 Å². The molecule has 3 unspecified atom stereocenters. The summed E-state index contributed by atoms with van der Waals surface area (Å²) in [5.41, 5.74) is 3.55. The molecule has 5 atom stereocenters. The molecular weight excluding hydrogens is 420 g/mol. The minimum Gasteiger partial charge on any atom is -0.310 e.